The third kappa shape index (κ3) is 3.92. The highest BCUT2D eigenvalue weighted by atomic mass is 32.2. The van der Waals surface area contributed by atoms with Crippen LogP contribution in [0.25, 0.3) is 10.2 Å². The molecule has 23 heavy (non-hydrogen) atoms. The second kappa shape index (κ2) is 7.15. The molecule has 3 nitrogen and oxygen atoms in total. The average molecular weight is 342 g/mol. The summed E-state index contributed by atoms with van der Waals surface area (Å²) in [5, 5.41) is 3.60. The highest BCUT2D eigenvalue weighted by molar-refractivity contribution is 7.99. The molecule has 1 amide bonds. The van der Waals surface area contributed by atoms with Gasteiger partial charge in [0, 0.05) is 17.1 Å². The molecule has 118 valence electrons. The standard InChI is InChI=1S/C18H18N2OS2/c1-12-8-9-15-17(13(12)2)20-18(23-15)19-16(21)10-11-22-14-6-4-3-5-7-14/h3-9H,10-11H2,1-2H3,(H,19,20,21). The van der Waals surface area contributed by atoms with Gasteiger partial charge in [-0.15, -0.1) is 11.8 Å². The lowest BCUT2D eigenvalue weighted by atomic mass is 10.1. The Kier molecular flexibility index (Phi) is 4.98. The first-order valence-electron chi connectivity index (χ1n) is 7.48. The Bertz CT molecular complexity index is 828. The first kappa shape index (κ1) is 16.0. The Labute approximate surface area is 144 Å². The molecule has 1 heterocycles. The molecule has 0 spiro atoms. The van der Waals surface area contributed by atoms with E-state index in [-0.39, 0.29) is 5.91 Å². The van der Waals surface area contributed by atoms with Crippen LogP contribution in [0.4, 0.5) is 5.13 Å². The minimum atomic E-state index is 0.0156. The highest BCUT2D eigenvalue weighted by Crippen LogP contribution is 2.29. The van der Waals surface area contributed by atoms with Crippen LogP contribution in [0.1, 0.15) is 17.5 Å². The van der Waals surface area contributed by atoms with E-state index in [1.165, 1.54) is 27.4 Å². The van der Waals surface area contributed by atoms with E-state index in [1.807, 2.05) is 18.2 Å². The first-order valence-corrected chi connectivity index (χ1v) is 9.28. The molecule has 0 aliphatic carbocycles. The molecule has 0 bridgehead atoms. The van der Waals surface area contributed by atoms with Crippen molar-refractivity contribution in [1.82, 2.24) is 4.98 Å². The maximum Gasteiger partial charge on any atom is 0.226 e. The van der Waals surface area contributed by atoms with Gasteiger partial charge in [-0.1, -0.05) is 35.6 Å². The predicted molar refractivity (Wildman–Crippen MR) is 99.5 cm³/mol. The van der Waals surface area contributed by atoms with Crippen molar-refractivity contribution in [3.05, 3.63) is 53.6 Å². The summed E-state index contributed by atoms with van der Waals surface area (Å²) in [5.41, 5.74) is 3.39. The van der Waals surface area contributed by atoms with Crippen LogP contribution in [0.5, 0.6) is 0 Å². The normalized spacial score (nSPS) is 10.9. The highest BCUT2D eigenvalue weighted by Gasteiger charge is 2.10. The fourth-order valence-corrected chi connectivity index (χ4v) is 4.05. The molecule has 0 saturated heterocycles. The Balaban J connectivity index is 1.58. The van der Waals surface area contributed by atoms with E-state index in [2.05, 4.69) is 48.4 Å². The Morgan fingerprint density at radius 3 is 2.74 bits per heavy atom. The summed E-state index contributed by atoms with van der Waals surface area (Å²) in [6.45, 7) is 4.15. The summed E-state index contributed by atoms with van der Waals surface area (Å²) in [5.74, 6) is 0.778. The molecule has 2 aromatic carbocycles. The number of nitrogens with one attached hydrogen (secondary N) is 1. The predicted octanol–water partition coefficient (Wildman–Crippen LogP) is 5.03. The van der Waals surface area contributed by atoms with Crippen molar-refractivity contribution in [2.24, 2.45) is 0 Å². The molecule has 1 aromatic heterocycles. The van der Waals surface area contributed by atoms with Crippen LogP contribution in [0.3, 0.4) is 0 Å². The number of thiazole rings is 1. The van der Waals surface area contributed by atoms with Crippen molar-refractivity contribution in [1.29, 1.82) is 0 Å². The summed E-state index contributed by atoms with van der Waals surface area (Å²) in [4.78, 5) is 17.8. The minimum Gasteiger partial charge on any atom is -0.302 e. The number of amides is 1. The van der Waals surface area contributed by atoms with Crippen LogP contribution in [-0.2, 0) is 4.79 Å². The Morgan fingerprint density at radius 1 is 1.17 bits per heavy atom. The van der Waals surface area contributed by atoms with Crippen LogP contribution < -0.4 is 5.32 Å². The van der Waals surface area contributed by atoms with Crippen LogP contribution in [0, 0.1) is 13.8 Å². The number of carbonyl (C=O) groups is 1. The van der Waals surface area contributed by atoms with Gasteiger partial charge in [-0.2, -0.15) is 0 Å². The third-order valence-corrected chi connectivity index (χ3v) is 5.62. The van der Waals surface area contributed by atoms with E-state index >= 15 is 0 Å². The lowest BCUT2D eigenvalue weighted by Gasteiger charge is -2.02. The van der Waals surface area contributed by atoms with E-state index in [4.69, 9.17) is 0 Å². The SMILES string of the molecule is Cc1ccc2sc(NC(=O)CCSc3ccccc3)nc2c1C. The van der Waals surface area contributed by atoms with E-state index in [1.54, 1.807) is 11.8 Å². The number of benzene rings is 2. The molecule has 3 aromatic rings. The molecule has 1 N–H and O–H groups in total. The quantitative estimate of drug-likeness (QED) is 0.661. The van der Waals surface area contributed by atoms with Crippen LogP contribution in [0.15, 0.2) is 47.4 Å². The van der Waals surface area contributed by atoms with E-state index in [9.17, 15) is 4.79 Å². The molecule has 0 fully saturated rings. The number of carbonyl (C=O) groups excluding carboxylic acids is 1. The number of hydrogen-bond acceptors (Lipinski definition) is 4. The van der Waals surface area contributed by atoms with Crippen molar-refractivity contribution in [3.8, 4) is 0 Å². The van der Waals surface area contributed by atoms with Crippen molar-refractivity contribution >= 4 is 44.4 Å². The van der Waals surface area contributed by atoms with Crippen molar-refractivity contribution < 1.29 is 4.79 Å². The second-order valence-corrected chi connectivity index (χ2v) is 7.53. The molecule has 3 rings (SSSR count). The number of nitrogens with zero attached hydrogens (tertiary/aromatic N) is 1. The topological polar surface area (TPSA) is 42.0 Å². The van der Waals surface area contributed by atoms with Gasteiger partial charge in [0.2, 0.25) is 5.91 Å². The monoisotopic (exact) mass is 342 g/mol. The molecular weight excluding hydrogens is 324 g/mol. The van der Waals surface area contributed by atoms with Gasteiger partial charge in [0.05, 0.1) is 10.2 Å². The van der Waals surface area contributed by atoms with Gasteiger partial charge in [0.1, 0.15) is 0 Å². The molecule has 5 heteroatoms. The number of thioether (sulfide) groups is 1. The van der Waals surface area contributed by atoms with E-state index < -0.39 is 0 Å². The number of aromatic nitrogens is 1. The second-order valence-electron chi connectivity index (χ2n) is 5.33. The van der Waals surface area contributed by atoms with E-state index in [0.717, 1.165) is 16.0 Å². The first-order chi connectivity index (χ1) is 11.1. The van der Waals surface area contributed by atoms with Crippen molar-refractivity contribution in [2.45, 2.75) is 25.2 Å². The van der Waals surface area contributed by atoms with Gasteiger partial charge in [-0.3, -0.25) is 4.79 Å². The maximum absolute atomic E-state index is 12.1. The summed E-state index contributed by atoms with van der Waals surface area (Å²) in [6.07, 6.45) is 0.480. The molecule has 0 atom stereocenters. The molecule has 0 radical (unpaired) electrons. The van der Waals surface area contributed by atoms with Gasteiger partial charge < -0.3 is 5.32 Å². The molecular formula is C18H18N2OS2. The summed E-state index contributed by atoms with van der Waals surface area (Å²) >= 11 is 3.22. The zero-order chi connectivity index (χ0) is 16.2. The minimum absolute atomic E-state index is 0.0156. The van der Waals surface area contributed by atoms with Gasteiger partial charge in [-0.25, -0.2) is 4.98 Å². The Hall–Kier alpha value is -1.85. The largest absolute Gasteiger partial charge is 0.302 e. The van der Waals surface area contributed by atoms with Crippen molar-refractivity contribution in [3.63, 3.8) is 0 Å². The molecule has 0 unspecified atom stereocenters. The van der Waals surface area contributed by atoms with Gasteiger partial charge in [0.25, 0.3) is 0 Å². The van der Waals surface area contributed by atoms with Crippen molar-refractivity contribution in [2.75, 3.05) is 11.1 Å². The molecule has 0 aliphatic heterocycles. The summed E-state index contributed by atoms with van der Waals surface area (Å²) in [6, 6.07) is 14.3. The smallest absolute Gasteiger partial charge is 0.226 e. The summed E-state index contributed by atoms with van der Waals surface area (Å²) in [7, 11) is 0. The number of hydrogen-bond donors (Lipinski definition) is 1. The zero-order valence-electron chi connectivity index (χ0n) is 13.1. The average Bonchev–Trinajstić information content (AvgIpc) is 2.95. The van der Waals surface area contributed by atoms with Crippen LogP contribution >= 0.6 is 23.1 Å². The number of fused-ring (bicyclic) bond motifs is 1. The zero-order valence-corrected chi connectivity index (χ0v) is 14.8. The lowest BCUT2D eigenvalue weighted by molar-refractivity contribution is -0.115. The number of rotatable bonds is 5. The number of anilines is 1. The Morgan fingerprint density at radius 2 is 1.96 bits per heavy atom. The van der Waals surface area contributed by atoms with Crippen LogP contribution in [-0.4, -0.2) is 16.6 Å². The van der Waals surface area contributed by atoms with Gasteiger partial charge >= 0.3 is 0 Å². The molecule has 0 saturated carbocycles. The number of aryl methyl sites for hydroxylation is 2. The lowest BCUT2D eigenvalue weighted by Crippen LogP contribution is -2.11. The maximum atomic E-state index is 12.1. The summed E-state index contributed by atoms with van der Waals surface area (Å²) < 4.78 is 1.11. The van der Waals surface area contributed by atoms with E-state index in [0.29, 0.717) is 11.6 Å². The van der Waals surface area contributed by atoms with Gasteiger partial charge in [0.15, 0.2) is 5.13 Å². The van der Waals surface area contributed by atoms with Gasteiger partial charge in [-0.05, 0) is 43.2 Å². The third-order valence-electron chi connectivity index (χ3n) is 3.67. The molecule has 0 aliphatic rings. The van der Waals surface area contributed by atoms with Crippen LogP contribution in [0.2, 0.25) is 0 Å². The fraction of sp³-hybridized carbons (Fsp3) is 0.222. The fourth-order valence-electron chi connectivity index (χ4n) is 2.24.